The Balaban J connectivity index is 1.56. The van der Waals surface area contributed by atoms with Crippen LogP contribution in [0.2, 0.25) is 10.0 Å². The Bertz CT molecular complexity index is 1080. The summed E-state index contributed by atoms with van der Waals surface area (Å²) in [5.41, 5.74) is 1.48. The van der Waals surface area contributed by atoms with Gasteiger partial charge in [0.2, 0.25) is 11.8 Å². The molecule has 1 fully saturated rings. The van der Waals surface area contributed by atoms with Crippen molar-refractivity contribution in [3.8, 4) is 0 Å². The third-order valence-corrected chi connectivity index (χ3v) is 5.82. The molecule has 0 saturated carbocycles. The van der Waals surface area contributed by atoms with Gasteiger partial charge in [0.05, 0.1) is 16.6 Å². The lowest BCUT2D eigenvalue weighted by atomic mass is 10.0. The zero-order valence-electron chi connectivity index (χ0n) is 16.3. The number of benzene rings is 2. The summed E-state index contributed by atoms with van der Waals surface area (Å²) >= 11 is 12.3. The maximum atomic E-state index is 13.1. The molecular weight excluding hydrogens is 423 g/mol. The van der Waals surface area contributed by atoms with Crippen molar-refractivity contribution in [1.82, 2.24) is 14.9 Å². The minimum absolute atomic E-state index is 0.122. The fourth-order valence-corrected chi connectivity index (χ4v) is 4.02. The fourth-order valence-electron chi connectivity index (χ4n) is 3.65. The van der Waals surface area contributed by atoms with E-state index >= 15 is 0 Å². The van der Waals surface area contributed by atoms with Crippen molar-refractivity contribution in [2.45, 2.75) is 12.5 Å². The number of rotatable bonds is 5. The summed E-state index contributed by atoms with van der Waals surface area (Å²) in [6.45, 7) is 0.280. The molecule has 1 aliphatic rings. The zero-order valence-corrected chi connectivity index (χ0v) is 17.8. The number of carbonyl (C=O) groups excluding carboxylic acids is 2. The minimum atomic E-state index is -0.483. The molecule has 1 aromatic heterocycles. The van der Waals surface area contributed by atoms with E-state index in [9.17, 15) is 9.59 Å². The van der Waals surface area contributed by atoms with E-state index in [1.54, 1.807) is 41.4 Å². The highest BCUT2D eigenvalue weighted by atomic mass is 35.5. The maximum absolute atomic E-state index is 13.1. The van der Waals surface area contributed by atoms with E-state index in [2.05, 4.69) is 10.3 Å². The van der Waals surface area contributed by atoms with Crippen molar-refractivity contribution in [2.75, 3.05) is 11.4 Å². The number of para-hydroxylation sites is 1. The van der Waals surface area contributed by atoms with Crippen molar-refractivity contribution < 1.29 is 9.59 Å². The number of aryl methyl sites for hydroxylation is 1. The molecule has 4 rings (SSSR count). The Hall–Kier alpha value is -2.83. The van der Waals surface area contributed by atoms with E-state index in [1.165, 1.54) is 0 Å². The van der Waals surface area contributed by atoms with Crippen LogP contribution < -0.4 is 10.2 Å². The fraction of sp³-hybridized carbons (Fsp3) is 0.227. The summed E-state index contributed by atoms with van der Waals surface area (Å²) in [4.78, 5) is 31.7. The molecule has 30 heavy (non-hydrogen) atoms. The van der Waals surface area contributed by atoms with Crippen LogP contribution in [-0.4, -0.2) is 27.9 Å². The van der Waals surface area contributed by atoms with Gasteiger partial charge in [-0.2, -0.15) is 0 Å². The van der Waals surface area contributed by atoms with Crippen LogP contribution in [-0.2, 0) is 16.6 Å². The molecule has 8 heteroatoms. The first kappa shape index (κ1) is 20.4. The highest BCUT2D eigenvalue weighted by molar-refractivity contribution is 6.34. The number of hydrogen-bond acceptors (Lipinski definition) is 3. The number of carbonyl (C=O) groups is 2. The topological polar surface area (TPSA) is 67.2 Å². The molecule has 0 spiro atoms. The van der Waals surface area contributed by atoms with Gasteiger partial charge in [-0.25, -0.2) is 4.98 Å². The van der Waals surface area contributed by atoms with E-state index in [0.717, 1.165) is 5.56 Å². The highest BCUT2D eigenvalue weighted by Gasteiger charge is 2.37. The van der Waals surface area contributed by atoms with Gasteiger partial charge < -0.3 is 14.8 Å². The van der Waals surface area contributed by atoms with Crippen LogP contribution >= 0.6 is 23.2 Å². The lowest BCUT2D eigenvalue weighted by molar-refractivity contribution is -0.126. The summed E-state index contributed by atoms with van der Waals surface area (Å²) in [5, 5.41) is 4.16. The first-order chi connectivity index (χ1) is 14.4. The quantitative estimate of drug-likeness (QED) is 0.649. The summed E-state index contributed by atoms with van der Waals surface area (Å²) in [6, 6.07) is 13.9. The van der Waals surface area contributed by atoms with E-state index in [0.29, 0.717) is 21.6 Å². The van der Waals surface area contributed by atoms with E-state index in [1.807, 2.05) is 36.0 Å². The maximum Gasteiger partial charge on any atom is 0.227 e. The second-order valence-electron chi connectivity index (χ2n) is 7.25. The molecular formula is C22H20Cl2N4O2. The number of hydrogen-bond donors (Lipinski definition) is 1. The Morgan fingerprint density at radius 1 is 1.17 bits per heavy atom. The van der Waals surface area contributed by atoms with Gasteiger partial charge in [0.25, 0.3) is 0 Å². The highest BCUT2D eigenvalue weighted by Crippen LogP contribution is 2.32. The molecule has 6 nitrogen and oxygen atoms in total. The molecule has 2 amide bonds. The number of anilines is 1. The van der Waals surface area contributed by atoms with Crippen molar-refractivity contribution >= 4 is 40.7 Å². The van der Waals surface area contributed by atoms with Crippen LogP contribution in [0.1, 0.15) is 23.9 Å². The molecule has 3 aromatic rings. The third kappa shape index (κ3) is 4.06. The van der Waals surface area contributed by atoms with E-state index in [-0.39, 0.29) is 24.8 Å². The lowest BCUT2D eigenvalue weighted by Crippen LogP contribution is -2.37. The number of halogens is 2. The van der Waals surface area contributed by atoms with Gasteiger partial charge in [-0.1, -0.05) is 47.5 Å². The van der Waals surface area contributed by atoms with Crippen molar-refractivity contribution in [3.63, 3.8) is 0 Å². The second kappa shape index (κ2) is 8.50. The van der Waals surface area contributed by atoms with Crippen LogP contribution in [0.15, 0.2) is 60.9 Å². The van der Waals surface area contributed by atoms with Gasteiger partial charge in [0, 0.05) is 37.4 Å². The number of aromatic nitrogens is 2. The zero-order chi connectivity index (χ0) is 21.3. The van der Waals surface area contributed by atoms with E-state index in [4.69, 9.17) is 23.2 Å². The summed E-state index contributed by atoms with van der Waals surface area (Å²) in [6.07, 6.45) is 3.64. The van der Waals surface area contributed by atoms with Gasteiger partial charge in [-0.3, -0.25) is 9.59 Å². The SMILES string of the molecule is Cn1ccnc1[C@@H](NC(=O)[C@H]1CC(=O)N(c2ccccc2Cl)C1)c1ccc(Cl)cc1. The molecule has 0 radical (unpaired) electrons. The molecule has 154 valence electrons. The Kier molecular flexibility index (Phi) is 5.79. The molecule has 0 aliphatic carbocycles. The molecule has 2 heterocycles. The van der Waals surface area contributed by atoms with Crippen LogP contribution in [0.4, 0.5) is 5.69 Å². The second-order valence-corrected chi connectivity index (χ2v) is 8.09. The van der Waals surface area contributed by atoms with E-state index < -0.39 is 12.0 Å². The third-order valence-electron chi connectivity index (χ3n) is 5.25. The molecule has 1 aliphatic heterocycles. The van der Waals surface area contributed by atoms with Crippen molar-refractivity contribution in [2.24, 2.45) is 13.0 Å². The molecule has 0 bridgehead atoms. The van der Waals surface area contributed by atoms with Crippen molar-refractivity contribution in [1.29, 1.82) is 0 Å². The van der Waals surface area contributed by atoms with Crippen LogP contribution in [0, 0.1) is 5.92 Å². The van der Waals surface area contributed by atoms with Gasteiger partial charge in [0.15, 0.2) is 0 Å². The lowest BCUT2D eigenvalue weighted by Gasteiger charge is -2.22. The van der Waals surface area contributed by atoms with Gasteiger partial charge in [0.1, 0.15) is 11.9 Å². The Morgan fingerprint density at radius 3 is 2.57 bits per heavy atom. The molecule has 1 N–H and O–H groups in total. The number of nitrogens with one attached hydrogen (secondary N) is 1. The molecule has 2 atom stereocenters. The number of nitrogens with zero attached hydrogens (tertiary/aromatic N) is 3. The largest absolute Gasteiger partial charge is 0.342 e. The number of amides is 2. The number of imidazole rings is 1. The van der Waals surface area contributed by atoms with Gasteiger partial charge in [-0.15, -0.1) is 0 Å². The monoisotopic (exact) mass is 442 g/mol. The standard InChI is InChI=1S/C22H20Cl2N4O2/c1-27-11-10-25-21(27)20(14-6-8-16(23)9-7-14)26-22(30)15-12-19(29)28(13-15)18-5-3-2-4-17(18)24/h2-11,15,20H,12-13H2,1H3,(H,26,30)/t15-,20-/m0/s1. The van der Waals surface area contributed by atoms with Crippen LogP contribution in [0.5, 0.6) is 0 Å². The summed E-state index contributed by atoms with van der Waals surface area (Å²) in [5.74, 6) is -0.120. The molecule has 2 aromatic carbocycles. The Morgan fingerprint density at radius 2 is 1.90 bits per heavy atom. The first-order valence-electron chi connectivity index (χ1n) is 9.52. The average molecular weight is 443 g/mol. The normalized spacial score (nSPS) is 17.2. The van der Waals surface area contributed by atoms with Crippen LogP contribution in [0.3, 0.4) is 0 Å². The summed E-state index contributed by atoms with van der Waals surface area (Å²) < 4.78 is 1.86. The smallest absolute Gasteiger partial charge is 0.227 e. The molecule has 0 unspecified atom stereocenters. The minimum Gasteiger partial charge on any atom is -0.342 e. The predicted octanol–water partition coefficient (Wildman–Crippen LogP) is 3.99. The van der Waals surface area contributed by atoms with Crippen molar-refractivity contribution in [3.05, 3.63) is 82.4 Å². The predicted molar refractivity (Wildman–Crippen MR) is 117 cm³/mol. The average Bonchev–Trinajstić information content (AvgIpc) is 3.33. The Labute approximate surface area is 184 Å². The van der Waals surface area contributed by atoms with Crippen LogP contribution in [0.25, 0.3) is 0 Å². The first-order valence-corrected chi connectivity index (χ1v) is 10.3. The molecule has 1 saturated heterocycles. The summed E-state index contributed by atoms with van der Waals surface area (Å²) in [7, 11) is 1.87. The van der Waals surface area contributed by atoms with Gasteiger partial charge in [-0.05, 0) is 29.8 Å². The van der Waals surface area contributed by atoms with Gasteiger partial charge >= 0.3 is 0 Å².